The van der Waals surface area contributed by atoms with Crippen molar-refractivity contribution in [2.45, 2.75) is 30.7 Å². The Hall–Kier alpha value is -0.930. The Morgan fingerprint density at radius 2 is 2.05 bits per heavy atom. The lowest BCUT2D eigenvalue weighted by Crippen LogP contribution is -2.40. The summed E-state index contributed by atoms with van der Waals surface area (Å²) in [5.41, 5.74) is 4.86. The first kappa shape index (κ1) is 18.1. The fraction of sp³-hybridized carbons (Fsp3) is 0.455. The van der Waals surface area contributed by atoms with Gasteiger partial charge in [-0.3, -0.25) is 10.1 Å². The topological polar surface area (TPSA) is 115 Å². The van der Waals surface area contributed by atoms with Crippen molar-refractivity contribution in [3.63, 3.8) is 0 Å². The van der Waals surface area contributed by atoms with Crippen LogP contribution in [0, 0.1) is 10.1 Å². The van der Waals surface area contributed by atoms with Crippen molar-refractivity contribution in [1.82, 2.24) is 4.72 Å². The Morgan fingerprint density at radius 3 is 2.52 bits per heavy atom. The molecule has 0 spiro atoms. The van der Waals surface area contributed by atoms with E-state index in [0.29, 0.717) is 6.42 Å². The Bertz CT molecular complexity index is 637. The van der Waals surface area contributed by atoms with Gasteiger partial charge in [0.15, 0.2) is 0 Å². The predicted octanol–water partition coefficient (Wildman–Crippen LogP) is 2.31. The summed E-state index contributed by atoms with van der Waals surface area (Å²) in [6.07, 6.45) is 1.28. The molecule has 0 aliphatic carbocycles. The number of halogens is 2. The van der Waals surface area contributed by atoms with E-state index < -0.39 is 36.6 Å². The molecule has 0 saturated carbocycles. The van der Waals surface area contributed by atoms with Gasteiger partial charge in [-0.1, -0.05) is 36.5 Å². The first-order valence-electron chi connectivity index (χ1n) is 6.09. The number of nitro groups is 1. The SMILES string of the molecule is CCCC(CN)NS(=O)(=O)c1ccc(Cl)c([N+](=O)[O-])c1Cl. The van der Waals surface area contributed by atoms with Gasteiger partial charge < -0.3 is 5.73 Å². The predicted molar refractivity (Wildman–Crippen MR) is 81.2 cm³/mol. The van der Waals surface area contributed by atoms with Crippen molar-refractivity contribution in [2.24, 2.45) is 5.73 Å². The molecule has 0 saturated heterocycles. The van der Waals surface area contributed by atoms with E-state index in [4.69, 9.17) is 28.9 Å². The number of nitro benzene ring substituents is 1. The summed E-state index contributed by atoms with van der Waals surface area (Å²) in [6.45, 7) is 2.00. The third kappa shape index (κ3) is 4.27. The summed E-state index contributed by atoms with van der Waals surface area (Å²) in [5.74, 6) is 0. The van der Waals surface area contributed by atoms with Crippen LogP contribution in [0.15, 0.2) is 17.0 Å². The van der Waals surface area contributed by atoms with Gasteiger partial charge in [-0.05, 0) is 18.6 Å². The van der Waals surface area contributed by atoms with Gasteiger partial charge >= 0.3 is 5.69 Å². The van der Waals surface area contributed by atoms with Crippen molar-refractivity contribution in [1.29, 1.82) is 0 Å². The van der Waals surface area contributed by atoms with Crippen LogP contribution >= 0.6 is 23.2 Å². The molecule has 1 atom stereocenters. The minimum absolute atomic E-state index is 0.111. The summed E-state index contributed by atoms with van der Waals surface area (Å²) in [6, 6.07) is 1.78. The molecule has 7 nitrogen and oxygen atoms in total. The molecule has 10 heteroatoms. The first-order chi connectivity index (χ1) is 9.74. The summed E-state index contributed by atoms with van der Waals surface area (Å²) < 4.78 is 26.9. The fourth-order valence-electron chi connectivity index (χ4n) is 1.75. The number of hydrogen-bond acceptors (Lipinski definition) is 5. The van der Waals surface area contributed by atoms with Crippen LogP contribution in [0.3, 0.4) is 0 Å². The third-order valence-electron chi connectivity index (χ3n) is 2.75. The van der Waals surface area contributed by atoms with Gasteiger partial charge in [-0.25, -0.2) is 13.1 Å². The van der Waals surface area contributed by atoms with E-state index >= 15 is 0 Å². The van der Waals surface area contributed by atoms with E-state index in [1.54, 1.807) is 0 Å². The average Bonchev–Trinajstić information content (AvgIpc) is 2.37. The van der Waals surface area contributed by atoms with Gasteiger partial charge in [0.2, 0.25) is 10.0 Å². The van der Waals surface area contributed by atoms with Gasteiger partial charge in [0.1, 0.15) is 14.9 Å². The van der Waals surface area contributed by atoms with Crippen molar-refractivity contribution < 1.29 is 13.3 Å². The van der Waals surface area contributed by atoms with E-state index in [9.17, 15) is 18.5 Å². The molecule has 0 radical (unpaired) electrons. The number of benzene rings is 1. The van der Waals surface area contributed by atoms with Crippen LogP contribution < -0.4 is 10.5 Å². The summed E-state index contributed by atoms with van der Waals surface area (Å²) in [5, 5.41) is 10.2. The maximum Gasteiger partial charge on any atom is 0.307 e. The first-order valence-corrected chi connectivity index (χ1v) is 8.33. The van der Waals surface area contributed by atoms with Gasteiger partial charge in [0.05, 0.1) is 4.92 Å². The summed E-state index contributed by atoms with van der Waals surface area (Å²) in [4.78, 5) is 9.69. The van der Waals surface area contributed by atoms with E-state index in [1.807, 2.05) is 6.92 Å². The zero-order valence-corrected chi connectivity index (χ0v) is 13.5. The quantitative estimate of drug-likeness (QED) is 0.575. The molecular formula is C11H15Cl2N3O4S. The Morgan fingerprint density at radius 1 is 1.43 bits per heavy atom. The van der Waals surface area contributed by atoms with Gasteiger partial charge in [0.25, 0.3) is 0 Å². The highest BCUT2D eigenvalue weighted by molar-refractivity contribution is 7.89. The highest BCUT2D eigenvalue weighted by atomic mass is 35.5. The molecule has 0 aliphatic rings. The lowest BCUT2D eigenvalue weighted by Gasteiger charge is -2.16. The molecule has 1 aromatic carbocycles. The highest BCUT2D eigenvalue weighted by Crippen LogP contribution is 2.37. The Kier molecular flexibility index (Phi) is 6.36. The second-order valence-corrected chi connectivity index (χ2v) is 6.78. The van der Waals surface area contributed by atoms with Crippen LogP contribution in [0.2, 0.25) is 10.0 Å². The monoisotopic (exact) mass is 355 g/mol. The molecule has 0 aliphatic heterocycles. The molecule has 3 N–H and O–H groups in total. The number of sulfonamides is 1. The standard InChI is InChI=1S/C11H15Cl2N3O4S/c1-2-3-7(6-14)15-21(19,20)9-5-4-8(12)11(10(9)13)16(17)18/h4-5,7,15H,2-3,6,14H2,1H3. The fourth-order valence-corrected chi connectivity index (χ4v) is 3.93. The maximum atomic E-state index is 12.3. The molecule has 0 heterocycles. The van der Waals surface area contributed by atoms with Gasteiger partial charge in [0, 0.05) is 12.6 Å². The van der Waals surface area contributed by atoms with Crippen molar-refractivity contribution in [3.8, 4) is 0 Å². The van der Waals surface area contributed by atoms with E-state index in [0.717, 1.165) is 18.6 Å². The largest absolute Gasteiger partial charge is 0.329 e. The van der Waals surface area contributed by atoms with Crippen LogP contribution in [-0.4, -0.2) is 25.9 Å². The number of hydrogen-bond donors (Lipinski definition) is 2. The van der Waals surface area contributed by atoms with Crippen molar-refractivity contribution in [3.05, 3.63) is 32.3 Å². The molecular weight excluding hydrogens is 341 g/mol. The van der Waals surface area contributed by atoms with Gasteiger partial charge in [-0.2, -0.15) is 0 Å². The molecule has 1 unspecified atom stereocenters. The Balaban J connectivity index is 3.26. The lowest BCUT2D eigenvalue weighted by atomic mass is 10.2. The average molecular weight is 356 g/mol. The highest BCUT2D eigenvalue weighted by Gasteiger charge is 2.28. The maximum absolute atomic E-state index is 12.3. The van der Waals surface area contributed by atoms with Crippen LogP contribution in [0.5, 0.6) is 0 Å². The van der Waals surface area contributed by atoms with Crippen molar-refractivity contribution >= 4 is 38.9 Å². The third-order valence-corrected chi connectivity index (χ3v) is 5.11. The summed E-state index contributed by atoms with van der Waals surface area (Å²) >= 11 is 11.5. The zero-order chi connectivity index (χ0) is 16.2. The van der Waals surface area contributed by atoms with Crippen LogP contribution in [0.4, 0.5) is 5.69 Å². The van der Waals surface area contributed by atoms with E-state index in [-0.39, 0.29) is 11.6 Å². The molecule has 0 amide bonds. The minimum atomic E-state index is -4.02. The molecule has 21 heavy (non-hydrogen) atoms. The van der Waals surface area contributed by atoms with Crippen LogP contribution in [0.1, 0.15) is 19.8 Å². The zero-order valence-electron chi connectivity index (χ0n) is 11.2. The second kappa shape index (κ2) is 7.37. The smallest absolute Gasteiger partial charge is 0.307 e. The van der Waals surface area contributed by atoms with E-state index in [1.165, 1.54) is 0 Å². The molecule has 0 fully saturated rings. The van der Waals surface area contributed by atoms with Crippen molar-refractivity contribution in [2.75, 3.05) is 6.54 Å². The summed E-state index contributed by atoms with van der Waals surface area (Å²) in [7, 11) is -4.02. The molecule has 0 aromatic heterocycles. The Labute approximate surface area is 132 Å². The lowest BCUT2D eigenvalue weighted by molar-refractivity contribution is -0.384. The molecule has 1 rings (SSSR count). The van der Waals surface area contributed by atoms with Crippen LogP contribution in [-0.2, 0) is 10.0 Å². The second-order valence-electron chi connectivity index (χ2n) is 4.31. The number of nitrogens with two attached hydrogens (primary N) is 1. The minimum Gasteiger partial charge on any atom is -0.329 e. The normalized spacial score (nSPS) is 13.1. The number of nitrogens with zero attached hydrogens (tertiary/aromatic N) is 1. The van der Waals surface area contributed by atoms with Crippen LogP contribution in [0.25, 0.3) is 0 Å². The molecule has 0 bridgehead atoms. The number of rotatable bonds is 7. The molecule has 1 aromatic rings. The van der Waals surface area contributed by atoms with Gasteiger partial charge in [-0.15, -0.1) is 0 Å². The molecule has 118 valence electrons. The van der Waals surface area contributed by atoms with E-state index in [2.05, 4.69) is 4.72 Å². The number of nitrogens with one attached hydrogen (secondary N) is 1.